The molecule has 1 aromatic carbocycles. The standard InChI is InChI=1S/C19H29FN4O3.C7H7NO.C4H10/c1-6-19(4,20)8-7-16(25)22-14(3)18(27)23(5)12-17(26)24-11-13(2)9-15(24)10-21;9-6-8-7-4-2-1-3-5-7;1-4(2)3/h6,13-15H,1,7-9,11-12H2,2-5H3,(H,22,25);1-6H,(H,8,9);4H,1-3H3. The number of alkyl halides is 1. The molecule has 222 valence electrons. The van der Waals surface area contributed by atoms with Crippen LogP contribution in [0.25, 0.3) is 0 Å². The van der Waals surface area contributed by atoms with Crippen LogP contribution in [0.3, 0.4) is 0 Å². The summed E-state index contributed by atoms with van der Waals surface area (Å²) in [5, 5.41) is 14.2. The molecular formula is C30H46FN5O4. The van der Waals surface area contributed by atoms with Crippen molar-refractivity contribution in [1.29, 1.82) is 5.26 Å². The lowest BCUT2D eigenvalue weighted by Crippen LogP contribution is -2.49. The number of benzene rings is 1. The molecule has 1 aliphatic rings. The van der Waals surface area contributed by atoms with Crippen molar-refractivity contribution in [2.75, 3.05) is 25.5 Å². The zero-order valence-corrected chi connectivity index (χ0v) is 24.9. The van der Waals surface area contributed by atoms with Crippen molar-refractivity contribution in [3.63, 3.8) is 0 Å². The molecule has 2 rings (SSSR count). The zero-order valence-electron chi connectivity index (χ0n) is 24.9. The Balaban J connectivity index is 0.000000956. The Bertz CT molecular complexity index is 991. The highest BCUT2D eigenvalue weighted by Gasteiger charge is 2.34. The number of hydrogen-bond acceptors (Lipinski definition) is 5. The van der Waals surface area contributed by atoms with Gasteiger partial charge < -0.3 is 20.4 Å². The first-order valence-corrected chi connectivity index (χ1v) is 13.5. The number of amides is 4. The van der Waals surface area contributed by atoms with Crippen LogP contribution in [0.4, 0.5) is 10.1 Å². The summed E-state index contributed by atoms with van der Waals surface area (Å²) in [4.78, 5) is 49.3. The molecule has 4 atom stereocenters. The summed E-state index contributed by atoms with van der Waals surface area (Å²) < 4.78 is 13.7. The third kappa shape index (κ3) is 15.0. The molecule has 0 aliphatic carbocycles. The van der Waals surface area contributed by atoms with Crippen molar-refractivity contribution >= 4 is 29.8 Å². The summed E-state index contributed by atoms with van der Waals surface area (Å²) >= 11 is 0. The van der Waals surface area contributed by atoms with Crippen molar-refractivity contribution in [1.82, 2.24) is 15.1 Å². The average Bonchev–Trinajstić information content (AvgIpc) is 3.28. The molecule has 1 heterocycles. The lowest BCUT2D eigenvalue weighted by Gasteiger charge is -2.26. The largest absolute Gasteiger partial charge is 0.345 e. The van der Waals surface area contributed by atoms with Gasteiger partial charge in [0.05, 0.1) is 12.6 Å². The number of para-hydroxylation sites is 1. The summed E-state index contributed by atoms with van der Waals surface area (Å²) in [6.45, 7) is 15.0. The maximum atomic E-state index is 13.7. The van der Waals surface area contributed by atoms with Crippen LogP contribution in [-0.2, 0) is 19.2 Å². The summed E-state index contributed by atoms with van der Waals surface area (Å²) in [7, 11) is 1.47. The fourth-order valence-electron chi connectivity index (χ4n) is 3.58. The number of anilines is 1. The predicted molar refractivity (Wildman–Crippen MR) is 156 cm³/mol. The van der Waals surface area contributed by atoms with Gasteiger partial charge in [0, 0.05) is 25.7 Å². The molecule has 40 heavy (non-hydrogen) atoms. The van der Waals surface area contributed by atoms with Gasteiger partial charge in [-0.1, -0.05) is 58.5 Å². The topological polar surface area (TPSA) is 123 Å². The van der Waals surface area contributed by atoms with Gasteiger partial charge in [0.25, 0.3) is 0 Å². The van der Waals surface area contributed by atoms with E-state index in [0.29, 0.717) is 19.4 Å². The molecule has 1 aromatic rings. The Hall–Kier alpha value is -3.74. The number of carbonyl (C=O) groups excluding carboxylic acids is 4. The van der Waals surface area contributed by atoms with Crippen LogP contribution in [0, 0.1) is 23.2 Å². The van der Waals surface area contributed by atoms with Gasteiger partial charge in [-0.2, -0.15) is 5.26 Å². The normalized spacial score (nSPS) is 17.9. The van der Waals surface area contributed by atoms with Crippen LogP contribution in [-0.4, -0.2) is 71.8 Å². The van der Waals surface area contributed by atoms with Gasteiger partial charge in [0.1, 0.15) is 17.8 Å². The lowest BCUT2D eigenvalue weighted by molar-refractivity contribution is -0.141. The van der Waals surface area contributed by atoms with Crippen molar-refractivity contribution in [2.45, 2.75) is 78.6 Å². The van der Waals surface area contributed by atoms with Crippen LogP contribution in [0.5, 0.6) is 0 Å². The van der Waals surface area contributed by atoms with E-state index in [-0.39, 0.29) is 31.2 Å². The minimum absolute atomic E-state index is 0.0275. The van der Waals surface area contributed by atoms with Crippen molar-refractivity contribution in [2.24, 2.45) is 11.8 Å². The van der Waals surface area contributed by atoms with Crippen LogP contribution in [0.1, 0.15) is 60.8 Å². The third-order valence-corrected chi connectivity index (χ3v) is 5.74. The molecule has 4 unspecified atom stereocenters. The number of rotatable bonds is 10. The molecule has 0 aromatic heterocycles. The highest BCUT2D eigenvalue weighted by Crippen LogP contribution is 2.22. The van der Waals surface area contributed by atoms with Gasteiger partial charge in [-0.3, -0.25) is 19.2 Å². The maximum Gasteiger partial charge on any atom is 0.245 e. The van der Waals surface area contributed by atoms with Crippen molar-refractivity contribution < 1.29 is 23.6 Å². The Kier molecular flexibility index (Phi) is 16.8. The Labute approximate surface area is 238 Å². The quantitative estimate of drug-likeness (QED) is 0.327. The van der Waals surface area contributed by atoms with E-state index in [1.54, 1.807) is 0 Å². The third-order valence-electron chi connectivity index (χ3n) is 5.74. The number of nitriles is 1. The van der Waals surface area contributed by atoms with Gasteiger partial charge >= 0.3 is 0 Å². The number of likely N-dealkylation sites (N-methyl/N-ethyl adjacent to an activating group) is 1. The minimum atomic E-state index is -1.64. The van der Waals surface area contributed by atoms with Crippen molar-refractivity contribution in [3.8, 4) is 6.07 Å². The van der Waals surface area contributed by atoms with E-state index >= 15 is 0 Å². The molecule has 9 nitrogen and oxygen atoms in total. The molecule has 0 bridgehead atoms. The monoisotopic (exact) mass is 559 g/mol. The highest BCUT2D eigenvalue weighted by molar-refractivity contribution is 5.90. The van der Waals surface area contributed by atoms with E-state index in [4.69, 9.17) is 5.26 Å². The highest BCUT2D eigenvalue weighted by atomic mass is 19.1. The SMILES string of the molecule is C=CC(C)(F)CCC(=O)NC(C)C(=O)N(C)CC(=O)N1CC(C)CC1C#N.CC(C)C.O=CNc1ccccc1. The second kappa shape index (κ2) is 18.5. The number of nitrogens with zero attached hydrogens (tertiary/aromatic N) is 3. The first-order chi connectivity index (χ1) is 18.7. The molecule has 0 saturated carbocycles. The Morgan fingerprint density at radius 1 is 1.25 bits per heavy atom. The van der Waals surface area contributed by atoms with E-state index in [9.17, 15) is 23.6 Å². The molecule has 10 heteroatoms. The smallest absolute Gasteiger partial charge is 0.245 e. The summed E-state index contributed by atoms with van der Waals surface area (Å²) in [6, 6.07) is 10.1. The Morgan fingerprint density at radius 3 is 2.33 bits per heavy atom. The van der Waals surface area contributed by atoms with Gasteiger partial charge in [0.2, 0.25) is 24.1 Å². The number of likely N-dealkylation sites (tertiary alicyclic amines) is 1. The first-order valence-electron chi connectivity index (χ1n) is 13.5. The molecule has 2 N–H and O–H groups in total. The maximum absolute atomic E-state index is 13.7. The summed E-state index contributed by atoms with van der Waals surface area (Å²) in [5.41, 5.74) is -0.815. The van der Waals surface area contributed by atoms with Gasteiger partial charge in [0.15, 0.2) is 0 Å². The molecule has 4 amide bonds. The second-order valence-corrected chi connectivity index (χ2v) is 10.9. The summed E-state index contributed by atoms with van der Waals surface area (Å²) in [5.74, 6) is -0.0857. The minimum Gasteiger partial charge on any atom is -0.345 e. The van der Waals surface area contributed by atoms with E-state index in [2.05, 4.69) is 44.1 Å². The van der Waals surface area contributed by atoms with E-state index < -0.39 is 29.6 Å². The number of halogens is 1. The fourth-order valence-corrected chi connectivity index (χ4v) is 3.58. The zero-order chi connectivity index (χ0) is 30.9. The number of nitrogens with one attached hydrogen (secondary N) is 2. The second-order valence-electron chi connectivity index (χ2n) is 10.9. The number of hydrogen-bond donors (Lipinski definition) is 2. The average molecular weight is 560 g/mol. The Morgan fingerprint density at radius 2 is 1.82 bits per heavy atom. The van der Waals surface area contributed by atoms with Gasteiger partial charge in [-0.15, -0.1) is 0 Å². The predicted octanol–water partition coefficient (Wildman–Crippen LogP) is 4.32. The van der Waals surface area contributed by atoms with Crippen LogP contribution in [0.2, 0.25) is 0 Å². The molecule has 0 radical (unpaired) electrons. The molecule has 1 saturated heterocycles. The van der Waals surface area contributed by atoms with E-state index in [1.807, 2.05) is 37.3 Å². The van der Waals surface area contributed by atoms with Gasteiger partial charge in [-0.25, -0.2) is 4.39 Å². The molecule has 1 fully saturated rings. The molecule has 1 aliphatic heterocycles. The number of carbonyl (C=O) groups is 4. The van der Waals surface area contributed by atoms with Crippen LogP contribution >= 0.6 is 0 Å². The number of allylic oxidation sites excluding steroid dienone is 1. The lowest BCUT2D eigenvalue weighted by atomic mass is 10.0. The van der Waals surface area contributed by atoms with Gasteiger partial charge in [-0.05, 0) is 50.7 Å². The van der Waals surface area contributed by atoms with Crippen LogP contribution < -0.4 is 10.6 Å². The van der Waals surface area contributed by atoms with Crippen molar-refractivity contribution in [3.05, 3.63) is 43.0 Å². The molecular weight excluding hydrogens is 513 g/mol. The van der Waals surface area contributed by atoms with E-state index in [1.165, 1.54) is 30.7 Å². The molecule has 0 spiro atoms. The van der Waals surface area contributed by atoms with Crippen LogP contribution in [0.15, 0.2) is 43.0 Å². The summed E-state index contributed by atoms with van der Waals surface area (Å²) in [6.07, 6.45) is 2.33. The first kappa shape index (κ1) is 36.3. The fraction of sp³-hybridized carbons (Fsp3) is 0.567. The van der Waals surface area contributed by atoms with E-state index in [0.717, 1.165) is 17.7 Å².